The molecule has 0 aliphatic heterocycles. The Morgan fingerprint density at radius 3 is 2.21 bits per heavy atom. The van der Waals surface area contributed by atoms with Crippen LogP contribution in [0.15, 0.2) is 72.1 Å². The summed E-state index contributed by atoms with van der Waals surface area (Å²) in [5.41, 5.74) is 2.21. The molecule has 1 aromatic heterocycles. The first-order chi connectivity index (χ1) is 16.1. The van der Waals surface area contributed by atoms with E-state index in [0.717, 1.165) is 16.0 Å². The summed E-state index contributed by atoms with van der Waals surface area (Å²) in [5, 5.41) is 2.03. The van der Waals surface area contributed by atoms with Crippen LogP contribution in [0.2, 0.25) is 0 Å². The number of carbonyl (C=O) groups is 2. The molecule has 0 fully saturated rings. The molecule has 3 rings (SSSR count). The highest BCUT2D eigenvalue weighted by molar-refractivity contribution is 7.10. The summed E-state index contributed by atoms with van der Waals surface area (Å²) in [4.78, 5) is 30.7. The van der Waals surface area contributed by atoms with Crippen molar-refractivity contribution in [1.82, 2.24) is 9.80 Å². The molecule has 0 saturated carbocycles. The first-order valence-electron chi connectivity index (χ1n) is 10.9. The monoisotopic (exact) mass is 466 g/mol. The predicted octanol–water partition coefficient (Wildman–Crippen LogP) is 4.14. The molecule has 6 nitrogen and oxygen atoms in total. The maximum Gasteiger partial charge on any atom is 0.261 e. The van der Waals surface area contributed by atoms with Crippen molar-refractivity contribution in [3.8, 4) is 5.75 Å². The lowest BCUT2D eigenvalue weighted by Crippen LogP contribution is -2.45. The van der Waals surface area contributed by atoms with Crippen molar-refractivity contribution >= 4 is 23.2 Å². The molecule has 0 aliphatic carbocycles. The van der Waals surface area contributed by atoms with E-state index in [1.807, 2.05) is 60.8 Å². The molecule has 0 aliphatic rings. The highest BCUT2D eigenvalue weighted by Crippen LogP contribution is 2.20. The number of carbonyl (C=O) groups excluding carboxylic acids is 2. The molecule has 2 amide bonds. The number of aryl methyl sites for hydroxylation is 1. The van der Waals surface area contributed by atoms with Crippen LogP contribution in [0.3, 0.4) is 0 Å². The molecule has 33 heavy (non-hydrogen) atoms. The topological polar surface area (TPSA) is 59.1 Å². The van der Waals surface area contributed by atoms with E-state index in [1.165, 1.54) is 4.90 Å². The van der Waals surface area contributed by atoms with Crippen LogP contribution in [0.25, 0.3) is 0 Å². The first kappa shape index (κ1) is 24.5. The molecular formula is C26H30N2O4S. The summed E-state index contributed by atoms with van der Waals surface area (Å²) >= 11 is 1.64. The molecule has 2 aromatic carbocycles. The first-order valence-corrected chi connectivity index (χ1v) is 11.7. The molecule has 0 atom stereocenters. The number of benzene rings is 2. The molecule has 0 unspecified atom stereocenters. The summed E-state index contributed by atoms with van der Waals surface area (Å²) in [6.07, 6.45) is 0. The third-order valence-corrected chi connectivity index (χ3v) is 6.23. The smallest absolute Gasteiger partial charge is 0.261 e. The van der Waals surface area contributed by atoms with Gasteiger partial charge in [0.05, 0.1) is 19.7 Å². The van der Waals surface area contributed by atoms with E-state index in [0.29, 0.717) is 32.0 Å². The fraction of sp³-hybridized carbons (Fsp3) is 0.308. The van der Waals surface area contributed by atoms with E-state index in [-0.39, 0.29) is 25.0 Å². The van der Waals surface area contributed by atoms with Crippen molar-refractivity contribution < 1.29 is 19.1 Å². The van der Waals surface area contributed by atoms with Crippen LogP contribution in [-0.4, -0.2) is 55.0 Å². The van der Waals surface area contributed by atoms with Gasteiger partial charge in [-0.1, -0.05) is 48.5 Å². The van der Waals surface area contributed by atoms with Gasteiger partial charge in [-0.3, -0.25) is 9.59 Å². The fourth-order valence-electron chi connectivity index (χ4n) is 3.29. The van der Waals surface area contributed by atoms with Gasteiger partial charge in [0.25, 0.3) is 5.91 Å². The summed E-state index contributed by atoms with van der Waals surface area (Å²) in [7, 11) is 1.58. The second-order valence-corrected chi connectivity index (χ2v) is 8.67. The second-order valence-electron chi connectivity index (χ2n) is 7.67. The van der Waals surface area contributed by atoms with Gasteiger partial charge in [0, 0.05) is 25.1 Å². The lowest BCUT2D eigenvalue weighted by atomic mass is 10.2. The molecule has 7 heteroatoms. The Kier molecular flexibility index (Phi) is 9.47. The van der Waals surface area contributed by atoms with Crippen LogP contribution in [0.1, 0.15) is 16.0 Å². The summed E-state index contributed by atoms with van der Waals surface area (Å²) < 4.78 is 10.8. The van der Waals surface area contributed by atoms with Gasteiger partial charge >= 0.3 is 0 Å². The second kappa shape index (κ2) is 12.8. The van der Waals surface area contributed by atoms with Crippen molar-refractivity contribution in [2.24, 2.45) is 0 Å². The van der Waals surface area contributed by atoms with Crippen LogP contribution in [0.5, 0.6) is 5.75 Å². The number of hydrogen-bond acceptors (Lipinski definition) is 5. The molecule has 174 valence electrons. The molecule has 0 N–H and O–H groups in total. The van der Waals surface area contributed by atoms with E-state index >= 15 is 0 Å². The normalized spacial score (nSPS) is 10.6. The molecule has 1 heterocycles. The minimum absolute atomic E-state index is 0.0302. The number of amides is 2. The number of para-hydroxylation sites is 1. The molecule has 0 bridgehead atoms. The molecule has 0 saturated heterocycles. The minimum Gasteiger partial charge on any atom is -0.484 e. The standard InChI is InChI=1S/C26H30N2O4S/c1-21-13-16-33-24(21)18-28(17-22-9-5-3-6-10-22)25(29)19-27(14-15-31-2)26(30)20-32-23-11-7-4-8-12-23/h3-13,16H,14-15,17-20H2,1-2H3. The van der Waals surface area contributed by atoms with Gasteiger partial charge < -0.3 is 19.3 Å². The van der Waals surface area contributed by atoms with Gasteiger partial charge in [-0.25, -0.2) is 0 Å². The SMILES string of the molecule is COCCN(CC(=O)N(Cc1ccccc1)Cc1sccc1C)C(=O)COc1ccccc1. The number of rotatable bonds is 12. The molecule has 3 aromatic rings. The van der Waals surface area contributed by atoms with E-state index in [9.17, 15) is 9.59 Å². The van der Waals surface area contributed by atoms with Gasteiger partial charge in [-0.05, 0) is 41.6 Å². The summed E-state index contributed by atoms with van der Waals surface area (Å²) in [6, 6.07) is 21.1. The highest BCUT2D eigenvalue weighted by Gasteiger charge is 2.23. The molecular weight excluding hydrogens is 436 g/mol. The van der Waals surface area contributed by atoms with Crippen LogP contribution >= 0.6 is 11.3 Å². The van der Waals surface area contributed by atoms with Gasteiger partial charge in [0.1, 0.15) is 5.75 Å². The van der Waals surface area contributed by atoms with Crippen LogP contribution in [0, 0.1) is 6.92 Å². The van der Waals surface area contributed by atoms with E-state index in [4.69, 9.17) is 9.47 Å². The fourth-order valence-corrected chi connectivity index (χ4v) is 4.21. The third kappa shape index (κ3) is 7.73. The quantitative estimate of drug-likeness (QED) is 0.403. The lowest BCUT2D eigenvalue weighted by molar-refractivity contribution is -0.142. The summed E-state index contributed by atoms with van der Waals surface area (Å²) in [6.45, 7) is 3.52. The maximum atomic E-state index is 13.4. The van der Waals surface area contributed by atoms with Crippen molar-refractivity contribution in [1.29, 1.82) is 0 Å². The van der Waals surface area contributed by atoms with Crippen LogP contribution in [0.4, 0.5) is 0 Å². The lowest BCUT2D eigenvalue weighted by Gasteiger charge is -2.28. The van der Waals surface area contributed by atoms with Crippen LogP contribution < -0.4 is 4.74 Å². The Balaban J connectivity index is 1.70. The van der Waals surface area contributed by atoms with Gasteiger partial charge in [0.2, 0.25) is 5.91 Å². The van der Waals surface area contributed by atoms with Crippen molar-refractivity contribution in [2.45, 2.75) is 20.0 Å². The Morgan fingerprint density at radius 2 is 1.58 bits per heavy atom. The largest absolute Gasteiger partial charge is 0.484 e. The number of hydrogen-bond donors (Lipinski definition) is 0. The Bertz CT molecular complexity index is 1010. The predicted molar refractivity (Wildman–Crippen MR) is 130 cm³/mol. The average Bonchev–Trinajstić information content (AvgIpc) is 3.25. The Hall–Kier alpha value is -3.16. The Morgan fingerprint density at radius 1 is 0.879 bits per heavy atom. The Labute approximate surface area is 199 Å². The average molecular weight is 467 g/mol. The molecule has 0 spiro atoms. The van der Waals surface area contributed by atoms with E-state index < -0.39 is 0 Å². The van der Waals surface area contributed by atoms with Gasteiger partial charge in [0.15, 0.2) is 6.61 Å². The third-order valence-electron chi connectivity index (χ3n) is 5.22. The number of thiophene rings is 1. The number of nitrogens with zero attached hydrogens (tertiary/aromatic N) is 2. The van der Waals surface area contributed by atoms with Gasteiger partial charge in [-0.15, -0.1) is 11.3 Å². The minimum atomic E-state index is -0.254. The highest BCUT2D eigenvalue weighted by atomic mass is 32.1. The zero-order valence-corrected chi connectivity index (χ0v) is 19.9. The van der Waals surface area contributed by atoms with Gasteiger partial charge in [-0.2, -0.15) is 0 Å². The summed E-state index contributed by atoms with van der Waals surface area (Å²) in [5.74, 6) is 0.245. The van der Waals surface area contributed by atoms with E-state index in [2.05, 4.69) is 6.07 Å². The zero-order chi connectivity index (χ0) is 23.5. The van der Waals surface area contributed by atoms with Crippen molar-refractivity contribution in [3.05, 3.63) is 88.1 Å². The number of ether oxygens (including phenoxy) is 2. The van der Waals surface area contributed by atoms with Crippen molar-refractivity contribution in [2.75, 3.05) is 33.4 Å². The zero-order valence-electron chi connectivity index (χ0n) is 19.1. The van der Waals surface area contributed by atoms with Crippen molar-refractivity contribution in [3.63, 3.8) is 0 Å². The molecule has 0 radical (unpaired) electrons. The number of methoxy groups -OCH3 is 1. The van der Waals surface area contributed by atoms with E-state index in [1.54, 1.807) is 35.5 Å². The van der Waals surface area contributed by atoms with Crippen LogP contribution in [-0.2, 0) is 27.4 Å². The maximum absolute atomic E-state index is 13.4.